The second-order valence-electron chi connectivity index (χ2n) is 5.59. The highest BCUT2D eigenvalue weighted by molar-refractivity contribution is 5.41. The average molecular weight is 285 g/mol. The number of hydrogen-bond donors (Lipinski definition) is 1. The number of alkyl halides is 3. The SMILES string of the molecule is FC(F)(F)c1ccc(OC2CCNCC2)cc1C1CC1. The molecule has 1 aliphatic heterocycles. The maximum Gasteiger partial charge on any atom is 0.416 e. The zero-order valence-electron chi connectivity index (χ0n) is 11.2. The fourth-order valence-electron chi connectivity index (χ4n) is 2.71. The Kier molecular flexibility index (Phi) is 3.63. The summed E-state index contributed by atoms with van der Waals surface area (Å²) < 4.78 is 44.8. The fourth-order valence-corrected chi connectivity index (χ4v) is 2.71. The van der Waals surface area contributed by atoms with Crippen molar-refractivity contribution in [3.05, 3.63) is 29.3 Å². The Labute approximate surface area is 116 Å². The number of rotatable bonds is 3. The van der Waals surface area contributed by atoms with E-state index in [1.165, 1.54) is 12.1 Å². The Morgan fingerprint density at radius 1 is 1.05 bits per heavy atom. The van der Waals surface area contributed by atoms with Crippen molar-refractivity contribution >= 4 is 0 Å². The molecule has 1 N–H and O–H groups in total. The largest absolute Gasteiger partial charge is 0.490 e. The van der Waals surface area contributed by atoms with E-state index in [0.717, 1.165) is 38.8 Å². The van der Waals surface area contributed by atoms with Crippen LogP contribution in [0.3, 0.4) is 0 Å². The van der Waals surface area contributed by atoms with Crippen molar-refractivity contribution in [1.29, 1.82) is 0 Å². The van der Waals surface area contributed by atoms with Crippen molar-refractivity contribution in [3.63, 3.8) is 0 Å². The van der Waals surface area contributed by atoms with E-state index in [0.29, 0.717) is 11.3 Å². The molecular formula is C15H18F3NO. The van der Waals surface area contributed by atoms with Crippen molar-refractivity contribution in [2.24, 2.45) is 0 Å². The highest BCUT2D eigenvalue weighted by Gasteiger charge is 2.38. The van der Waals surface area contributed by atoms with Gasteiger partial charge in [0.25, 0.3) is 0 Å². The summed E-state index contributed by atoms with van der Waals surface area (Å²) in [5.41, 5.74) is -0.0957. The van der Waals surface area contributed by atoms with Crippen molar-refractivity contribution in [1.82, 2.24) is 5.32 Å². The Hall–Kier alpha value is -1.23. The van der Waals surface area contributed by atoms with Crippen LogP contribution in [-0.2, 0) is 6.18 Å². The third-order valence-corrected chi connectivity index (χ3v) is 3.93. The summed E-state index contributed by atoms with van der Waals surface area (Å²) in [5, 5.41) is 3.24. The molecule has 5 heteroatoms. The van der Waals surface area contributed by atoms with Gasteiger partial charge < -0.3 is 10.1 Å². The molecule has 1 saturated heterocycles. The molecule has 3 rings (SSSR count). The first-order valence-electron chi connectivity index (χ1n) is 7.12. The van der Waals surface area contributed by atoms with E-state index in [4.69, 9.17) is 4.74 Å². The van der Waals surface area contributed by atoms with Crippen molar-refractivity contribution in [2.45, 2.75) is 43.9 Å². The van der Waals surface area contributed by atoms with Crippen LogP contribution in [0.5, 0.6) is 5.75 Å². The monoisotopic (exact) mass is 285 g/mol. The molecular weight excluding hydrogens is 267 g/mol. The maximum atomic E-state index is 13.0. The molecule has 2 aliphatic rings. The molecule has 0 unspecified atom stereocenters. The molecule has 0 atom stereocenters. The Morgan fingerprint density at radius 3 is 2.35 bits per heavy atom. The lowest BCUT2D eigenvalue weighted by Crippen LogP contribution is -2.34. The second-order valence-corrected chi connectivity index (χ2v) is 5.59. The molecule has 20 heavy (non-hydrogen) atoms. The molecule has 1 aromatic rings. The molecule has 0 bridgehead atoms. The first-order valence-corrected chi connectivity index (χ1v) is 7.12. The molecule has 1 heterocycles. The van der Waals surface area contributed by atoms with E-state index in [9.17, 15) is 13.2 Å². The van der Waals surface area contributed by atoms with E-state index in [-0.39, 0.29) is 12.0 Å². The van der Waals surface area contributed by atoms with Gasteiger partial charge in [0.1, 0.15) is 11.9 Å². The highest BCUT2D eigenvalue weighted by Crippen LogP contribution is 2.47. The molecule has 2 fully saturated rings. The molecule has 0 aromatic heterocycles. The molecule has 0 radical (unpaired) electrons. The van der Waals surface area contributed by atoms with E-state index in [1.54, 1.807) is 6.07 Å². The van der Waals surface area contributed by atoms with Gasteiger partial charge in [0.2, 0.25) is 0 Å². The number of ether oxygens (including phenoxy) is 1. The summed E-state index contributed by atoms with van der Waals surface area (Å²) in [6.45, 7) is 1.81. The quantitative estimate of drug-likeness (QED) is 0.914. The van der Waals surface area contributed by atoms with Crippen LogP contribution >= 0.6 is 0 Å². The van der Waals surface area contributed by atoms with Crippen LogP contribution < -0.4 is 10.1 Å². The molecule has 0 spiro atoms. The zero-order chi connectivity index (χ0) is 14.2. The molecule has 1 aromatic carbocycles. The molecule has 0 amide bonds. The van der Waals surface area contributed by atoms with Gasteiger partial charge in [-0.15, -0.1) is 0 Å². The van der Waals surface area contributed by atoms with Gasteiger partial charge in [-0.1, -0.05) is 0 Å². The van der Waals surface area contributed by atoms with Crippen LogP contribution in [0.25, 0.3) is 0 Å². The predicted octanol–water partition coefficient (Wildman–Crippen LogP) is 3.71. The van der Waals surface area contributed by atoms with Gasteiger partial charge >= 0.3 is 6.18 Å². The van der Waals surface area contributed by atoms with Gasteiger partial charge in [0.15, 0.2) is 0 Å². The molecule has 2 nitrogen and oxygen atoms in total. The number of hydrogen-bond acceptors (Lipinski definition) is 2. The lowest BCUT2D eigenvalue weighted by atomic mass is 10.0. The van der Waals surface area contributed by atoms with Crippen molar-refractivity contribution < 1.29 is 17.9 Å². The lowest BCUT2D eigenvalue weighted by molar-refractivity contribution is -0.138. The van der Waals surface area contributed by atoms with Gasteiger partial charge in [-0.25, -0.2) is 0 Å². The lowest BCUT2D eigenvalue weighted by Gasteiger charge is -2.24. The molecule has 110 valence electrons. The van der Waals surface area contributed by atoms with Gasteiger partial charge in [-0.05, 0) is 68.5 Å². The Balaban J connectivity index is 1.80. The van der Waals surface area contributed by atoms with Crippen LogP contribution in [-0.4, -0.2) is 19.2 Å². The Morgan fingerprint density at radius 2 is 1.75 bits per heavy atom. The number of piperidine rings is 1. The minimum absolute atomic E-state index is 0.0585. The summed E-state index contributed by atoms with van der Waals surface area (Å²) in [5.74, 6) is 0.634. The first kappa shape index (κ1) is 13.7. The van der Waals surface area contributed by atoms with Crippen LogP contribution in [0, 0.1) is 0 Å². The van der Waals surface area contributed by atoms with E-state index < -0.39 is 11.7 Å². The summed E-state index contributed by atoms with van der Waals surface area (Å²) in [6, 6.07) is 4.23. The zero-order valence-corrected chi connectivity index (χ0v) is 11.2. The number of nitrogens with one attached hydrogen (secondary N) is 1. The fraction of sp³-hybridized carbons (Fsp3) is 0.600. The molecule has 1 saturated carbocycles. The first-order chi connectivity index (χ1) is 9.54. The third-order valence-electron chi connectivity index (χ3n) is 3.93. The third kappa shape index (κ3) is 3.08. The highest BCUT2D eigenvalue weighted by atomic mass is 19.4. The topological polar surface area (TPSA) is 21.3 Å². The minimum Gasteiger partial charge on any atom is -0.490 e. The van der Waals surface area contributed by atoms with Crippen molar-refractivity contribution in [2.75, 3.05) is 13.1 Å². The van der Waals surface area contributed by atoms with Crippen LogP contribution in [0.4, 0.5) is 13.2 Å². The predicted molar refractivity (Wildman–Crippen MR) is 69.9 cm³/mol. The van der Waals surface area contributed by atoms with Crippen molar-refractivity contribution in [3.8, 4) is 5.75 Å². The van der Waals surface area contributed by atoms with Crippen LogP contribution in [0.15, 0.2) is 18.2 Å². The molecule has 1 aliphatic carbocycles. The van der Waals surface area contributed by atoms with E-state index in [2.05, 4.69) is 5.32 Å². The van der Waals surface area contributed by atoms with Gasteiger partial charge in [-0.3, -0.25) is 0 Å². The normalized spacial score (nSPS) is 20.9. The minimum atomic E-state index is -4.27. The summed E-state index contributed by atoms with van der Waals surface area (Å²) >= 11 is 0. The summed E-state index contributed by atoms with van der Waals surface area (Å²) in [7, 11) is 0. The van der Waals surface area contributed by atoms with Gasteiger partial charge in [0, 0.05) is 0 Å². The second kappa shape index (κ2) is 5.28. The Bertz CT molecular complexity index is 476. The smallest absolute Gasteiger partial charge is 0.416 e. The summed E-state index contributed by atoms with van der Waals surface area (Å²) in [6.07, 6.45) is -0.662. The van der Waals surface area contributed by atoms with Crippen LogP contribution in [0.2, 0.25) is 0 Å². The van der Waals surface area contributed by atoms with Gasteiger partial charge in [0.05, 0.1) is 5.56 Å². The summed E-state index contributed by atoms with van der Waals surface area (Å²) in [4.78, 5) is 0. The average Bonchev–Trinajstić information content (AvgIpc) is 3.23. The maximum absolute atomic E-state index is 13.0. The van der Waals surface area contributed by atoms with E-state index >= 15 is 0 Å². The van der Waals surface area contributed by atoms with E-state index in [1.807, 2.05) is 0 Å². The number of benzene rings is 1. The standard InChI is InChI=1S/C15H18F3NO/c16-15(17,18)14-4-3-12(9-13(14)10-1-2-10)20-11-5-7-19-8-6-11/h3-4,9-11,19H,1-2,5-8H2. The van der Waals surface area contributed by atoms with Crippen LogP contribution in [0.1, 0.15) is 42.7 Å². The number of halogens is 3. The van der Waals surface area contributed by atoms with Gasteiger partial charge in [-0.2, -0.15) is 13.2 Å².